The van der Waals surface area contributed by atoms with E-state index in [2.05, 4.69) is 47.0 Å². The minimum atomic E-state index is 0.272. The van der Waals surface area contributed by atoms with E-state index in [0.29, 0.717) is 0 Å². The summed E-state index contributed by atoms with van der Waals surface area (Å²) in [6.07, 6.45) is 4.07. The SMILES string of the molecule is CC1=C=CC(S)C(I)=C1. The highest BCUT2D eigenvalue weighted by molar-refractivity contribution is 14.1. The fourth-order valence-corrected chi connectivity index (χ4v) is 1.42. The highest BCUT2D eigenvalue weighted by Crippen LogP contribution is 2.22. The van der Waals surface area contributed by atoms with E-state index >= 15 is 0 Å². The summed E-state index contributed by atoms with van der Waals surface area (Å²) in [5.41, 5.74) is 4.28. The number of rotatable bonds is 0. The van der Waals surface area contributed by atoms with Gasteiger partial charge in [-0.05, 0) is 47.2 Å². The predicted octanol–water partition coefficient (Wildman–Crippen LogP) is 2.72. The lowest BCUT2D eigenvalue weighted by Gasteiger charge is -2.05. The number of hydrogen-bond acceptors (Lipinski definition) is 1. The van der Waals surface area contributed by atoms with Crippen LogP contribution >= 0.6 is 35.2 Å². The van der Waals surface area contributed by atoms with Gasteiger partial charge in [-0.3, -0.25) is 0 Å². The van der Waals surface area contributed by atoms with Crippen molar-refractivity contribution in [3.63, 3.8) is 0 Å². The molecule has 0 aromatic carbocycles. The lowest BCUT2D eigenvalue weighted by molar-refractivity contribution is 1.35. The Morgan fingerprint density at radius 1 is 1.78 bits per heavy atom. The van der Waals surface area contributed by atoms with Crippen LogP contribution in [0.25, 0.3) is 0 Å². The van der Waals surface area contributed by atoms with Crippen molar-refractivity contribution in [2.75, 3.05) is 0 Å². The van der Waals surface area contributed by atoms with Crippen LogP contribution < -0.4 is 0 Å². The average molecular weight is 250 g/mol. The molecule has 0 spiro atoms. The van der Waals surface area contributed by atoms with E-state index < -0.39 is 0 Å². The first-order chi connectivity index (χ1) is 4.20. The standard InChI is InChI=1S/C7H7IS/c1-5-2-3-7(9)6(8)4-5/h3-4,7,9H,1H3. The van der Waals surface area contributed by atoms with E-state index in [1.807, 2.05) is 13.0 Å². The van der Waals surface area contributed by atoms with Gasteiger partial charge in [-0.15, -0.1) is 5.73 Å². The van der Waals surface area contributed by atoms with Crippen molar-refractivity contribution < 1.29 is 0 Å². The van der Waals surface area contributed by atoms with E-state index in [1.165, 1.54) is 9.15 Å². The molecule has 2 heteroatoms. The highest BCUT2D eigenvalue weighted by Gasteiger charge is 2.04. The predicted molar refractivity (Wildman–Crippen MR) is 52.1 cm³/mol. The summed E-state index contributed by atoms with van der Waals surface area (Å²) in [7, 11) is 0. The van der Waals surface area contributed by atoms with Crippen molar-refractivity contribution in [1.29, 1.82) is 0 Å². The molecule has 48 valence electrons. The second-order valence-electron chi connectivity index (χ2n) is 1.97. The molecule has 1 unspecified atom stereocenters. The smallest absolute Gasteiger partial charge is 0.0578 e. The van der Waals surface area contributed by atoms with Crippen molar-refractivity contribution in [1.82, 2.24) is 0 Å². The molecule has 0 radical (unpaired) electrons. The lowest BCUT2D eigenvalue weighted by Crippen LogP contribution is -1.94. The first kappa shape index (κ1) is 7.45. The number of hydrogen-bond donors (Lipinski definition) is 1. The van der Waals surface area contributed by atoms with Gasteiger partial charge >= 0.3 is 0 Å². The molecule has 9 heavy (non-hydrogen) atoms. The van der Waals surface area contributed by atoms with Crippen LogP contribution in [0.1, 0.15) is 6.92 Å². The van der Waals surface area contributed by atoms with Crippen LogP contribution in [0.2, 0.25) is 0 Å². The monoisotopic (exact) mass is 250 g/mol. The van der Waals surface area contributed by atoms with E-state index in [9.17, 15) is 0 Å². The molecule has 0 aromatic rings. The van der Waals surface area contributed by atoms with Crippen molar-refractivity contribution in [2.45, 2.75) is 12.2 Å². The molecule has 1 rings (SSSR count). The molecule has 0 N–H and O–H groups in total. The molecule has 0 amide bonds. The zero-order chi connectivity index (χ0) is 6.85. The molecule has 0 fully saturated rings. The number of allylic oxidation sites excluding steroid dienone is 1. The minimum Gasteiger partial charge on any atom is -0.166 e. The second-order valence-corrected chi connectivity index (χ2v) is 3.77. The van der Waals surface area contributed by atoms with Gasteiger partial charge in [0.15, 0.2) is 0 Å². The Bertz CT molecular complexity index is 209. The second kappa shape index (κ2) is 2.95. The van der Waals surface area contributed by atoms with Gasteiger partial charge in [0.2, 0.25) is 0 Å². The summed E-state index contributed by atoms with van der Waals surface area (Å²) >= 11 is 6.58. The molecular weight excluding hydrogens is 243 g/mol. The summed E-state index contributed by atoms with van der Waals surface area (Å²) in [4.78, 5) is 0. The Morgan fingerprint density at radius 3 is 2.89 bits per heavy atom. The molecule has 0 aromatic heterocycles. The fraction of sp³-hybridized carbons (Fsp3) is 0.286. The van der Waals surface area contributed by atoms with Crippen LogP contribution in [0.4, 0.5) is 0 Å². The Balaban J connectivity index is 2.96. The van der Waals surface area contributed by atoms with Gasteiger partial charge in [0, 0.05) is 3.58 Å². The van der Waals surface area contributed by atoms with Crippen LogP contribution in [-0.4, -0.2) is 5.25 Å². The molecule has 0 saturated carbocycles. The molecular formula is C7H7IS. The van der Waals surface area contributed by atoms with Crippen LogP contribution in [0.3, 0.4) is 0 Å². The first-order valence-electron chi connectivity index (χ1n) is 2.69. The van der Waals surface area contributed by atoms with Crippen LogP contribution in [0.15, 0.2) is 27.0 Å². The molecule has 0 aliphatic heterocycles. The summed E-state index contributed by atoms with van der Waals surface area (Å²) in [5, 5.41) is 0.272. The normalized spacial score (nSPS) is 25.4. The molecule has 0 nitrogen and oxygen atoms in total. The average Bonchev–Trinajstić information content (AvgIpc) is 1.80. The van der Waals surface area contributed by atoms with Gasteiger partial charge in [0.1, 0.15) is 0 Å². The largest absolute Gasteiger partial charge is 0.166 e. The maximum atomic E-state index is 4.29. The van der Waals surface area contributed by atoms with Gasteiger partial charge in [-0.1, -0.05) is 0 Å². The molecule has 1 atom stereocenters. The third-order valence-electron chi connectivity index (χ3n) is 1.11. The summed E-state index contributed by atoms with van der Waals surface area (Å²) in [6.45, 7) is 2.04. The topological polar surface area (TPSA) is 0 Å². The highest BCUT2D eigenvalue weighted by atomic mass is 127. The van der Waals surface area contributed by atoms with E-state index in [0.717, 1.165) is 0 Å². The van der Waals surface area contributed by atoms with Crippen molar-refractivity contribution in [3.05, 3.63) is 27.0 Å². The van der Waals surface area contributed by atoms with Crippen molar-refractivity contribution in [2.24, 2.45) is 0 Å². The van der Waals surface area contributed by atoms with Gasteiger partial charge < -0.3 is 0 Å². The van der Waals surface area contributed by atoms with Crippen LogP contribution in [0, 0.1) is 0 Å². The molecule has 0 saturated heterocycles. The van der Waals surface area contributed by atoms with E-state index in [4.69, 9.17) is 0 Å². The molecule has 0 bridgehead atoms. The summed E-state index contributed by atoms with van der Waals surface area (Å²) in [6, 6.07) is 0. The minimum absolute atomic E-state index is 0.272. The number of halogens is 1. The van der Waals surface area contributed by atoms with Crippen LogP contribution in [-0.2, 0) is 0 Å². The fourth-order valence-electron chi connectivity index (χ4n) is 0.624. The Labute approximate surface area is 74.3 Å². The summed E-state index contributed by atoms with van der Waals surface area (Å²) in [5.74, 6) is 0. The summed E-state index contributed by atoms with van der Waals surface area (Å²) < 4.78 is 1.27. The third kappa shape index (κ3) is 1.88. The van der Waals surface area contributed by atoms with Gasteiger partial charge in [-0.2, -0.15) is 12.6 Å². The first-order valence-corrected chi connectivity index (χ1v) is 4.28. The quantitative estimate of drug-likeness (QED) is 0.381. The van der Waals surface area contributed by atoms with E-state index in [-0.39, 0.29) is 5.25 Å². The Hall–Kier alpha value is 0.340. The van der Waals surface area contributed by atoms with Crippen molar-refractivity contribution >= 4 is 35.2 Å². The van der Waals surface area contributed by atoms with E-state index in [1.54, 1.807) is 0 Å². The van der Waals surface area contributed by atoms with Crippen LogP contribution in [0.5, 0.6) is 0 Å². The Kier molecular flexibility index (Phi) is 2.44. The van der Waals surface area contributed by atoms with Gasteiger partial charge in [0.05, 0.1) is 5.25 Å². The molecule has 1 aliphatic rings. The zero-order valence-electron chi connectivity index (χ0n) is 5.06. The Morgan fingerprint density at radius 2 is 2.44 bits per heavy atom. The lowest BCUT2D eigenvalue weighted by atomic mass is 10.2. The molecule has 1 aliphatic carbocycles. The maximum Gasteiger partial charge on any atom is 0.0578 e. The van der Waals surface area contributed by atoms with Gasteiger partial charge in [0.25, 0.3) is 0 Å². The van der Waals surface area contributed by atoms with Crippen molar-refractivity contribution in [3.8, 4) is 0 Å². The number of thiol groups is 1. The molecule has 0 heterocycles. The zero-order valence-corrected chi connectivity index (χ0v) is 8.11. The van der Waals surface area contributed by atoms with Gasteiger partial charge in [-0.25, -0.2) is 0 Å². The third-order valence-corrected chi connectivity index (χ3v) is 3.01. The maximum absolute atomic E-state index is 4.29.